The summed E-state index contributed by atoms with van der Waals surface area (Å²) in [5.41, 5.74) is 1.06. The molecule has 0 unspecified atom stereocenters. The maximum absolute atomic E-state index is 12.3. The quantitative estimate of drug-likeness (QED) is 0.608. The highest BCUT2D eigenvalue weighted by atomic mass is 16.5. The molecule has 3 rings (SSSR count). The van der Waals surface area contributed by atoms with Crippen LogP contribution in [-0.4, -0.2) is 5.97 Å². The molecule has 2 aliphatic carbocycles. The fraction of sp³-hybridized carbons (Fsp3) is 0.471. The zero-order chi connectivity index (χ0) is 13.2. The van der Waals surface area contributed by atoms with Gasteiger partial charge in [0.1, 0.15) is 6.61 Å². The molecule has 100 valence electrons. The summed E-state index contributed by atoms with van der Waals surface area (Å²) in [6.07, 6.45) is 6.71. The number of allylic oxidation sites excluding steroid dienone is 2. The summed E-state index contributed by atoms with van der Waals surface area (Å²) in [5.74, 6) is 1.58. The Morgan fingerprint density at radius 2 is 1.95 bits per heavy atom. The van der Waals surface area contributed by atoms with E-state index in [1.165, 1.54) is 0 Å². The van der Waals surface area contributed by atoms with Crippen LogP contribution in [0.2, 0.25) is 0 Å². The molecule has 0 aromatic heterocycles. The smallest absolute Gasteiger partial charge is 0.310 e. The third-order valence-electron chi connectivity index (χ3n) is 4.59. The van der Waals surface area contributed by atoms with E-state index in [0.29, 0.717) is 24.4 Å². The number of carbonyl (C=O) groups is 1. The van der Waals surface area contributed by atoms with Gasteiger partial charge in [0.25, 0.3) is 0 Å². The number of benzene rings is 1. The number of fused-ring (bicyclic) bond motifs is 2. The van der Waals surface area contributed by atoms with Gasteiger partial charge in [0.2, 0.25) is 0 Å². The minimum atomic E-state index is -0.00690. The number of rotatable bonds is 4. The summed E-state index contributed by atoms with van der Waals surface area (Å²) in [5, 5.41) is 0. The van der Waals surface area contributed by atoms with Crippen LogP contribution >= 0.6 is 0 Å². The van der Waals surface area contributed by atoms with Crippen LogP contribution in [0.1, 0.15) is 25.3 Å². The first-order valence-electron chi connectivity index (χ1n) is 7.18. The standard InChI is InChI=1S/C17H20O2/c1-2-15-13-8-9-14(10-13)16(15)17(18)19-11-12-6-4-3-5-7-12/h3-9,13-16H,2,10-11H2,1H3/t13-,14+,15+,16+/m0/s1. The van der Waals surface area contributed by atoms with Crippen LogP contribution in [-0.2, 0) is 16.1 Å². The Hall–Kier alpha value is -1.57. The van der Waals surface area contributed by atoms with Crippen molar-refractivity contribution in [2.45, 2.75) is 26.4 Å². The van der Waals surface area contributed by atoms with Crippen molar-refractivity contribution in [1.29, 1.82) is 0 Å². The van der Waals surface area contributed by atoms with Gasteiger partial charge in [-0.05, 0) is 29.7 Å². The first-order valence-corrected chi connectivity index (χ1v) is 7.18. The van der Waals surface area contributed by atoms with Crippen molar-refractivity contribution in [3.8, 4) is 0 Å². The molecule has 0 spiro atoms. The van der Waals surface area contributed by atoms with E-state index >= 15 is 0 Å². The molecule has 0 heterocycles. The second kappa shape index (κ2) is 5.20. The molecule has 2 heteroatoms. The minimum absolute atomic E-state index is 0.00690. The van der Waals surface area contributed by atoms with Gasteiger partial charge in [-0.3, -0.25) is 4.79 Å². The maximum Gasteiger partial charge on any atom is 0.310 e. The van der Waals surface area contributed by atoms with Crippen molar-refractivity contribution in [3.05, 3.63) is 48.0 Å². The topological polar surface area (TPSA) is 26.3 Å². The number of hydrogen-bond donors (Lipinski definition) is 0. The van der Waals surface area contributed by atoms with E-state index in [0.717, 1.165) is 18.4 Å². The Morgan fingerprint density at radius 1 is 1.21 bits per heavy atom. The molecule has 1 aromatic carbocycles. The molecule has 1 saturated carbocycles. The number of esters is 1. The summed E-state index contributed by atoms with van der Waals surface area (Å²) >= 11 is 0. The minimum Gasteiger partial charge on any atom is -0.461 e. The lowest BCUT2D eigenvalue weighted by molar-refractivity contribution is -0.152. The van der Waals surface area contributed by atoms with E-state index in [9.17, 15) is 4.79 Å². The molecule has 19 heavy (non-hydrogen) atoms. The SMILES string of the molecule is CC[C@H]1[C@H](C(=O)OCc2ccccc2)[C@@H]2C=C[C@H]1C2. The summed E-state index contributed by atoms with van der Waals surface area (Å²) in [6.45, 7) is 2.57. The van der Waals surface area contributed by atoms with E-state index < -0.39 is 0 Å². The average molecular weight is 256 g/mol. The van der Waals surface area contributed by atoms with Crippen molar-refractivity contribution in [2.75, 3.05) is 0 Å². The molecule has 0 amide bonds. The Bertz CT molecular complexity index is 477. The summed E-state index contributed by atoms with van der Waals surface area (Å²) in [4.78, 5) is 12.3. The molecule has 0 saturated heterocycles. The van der Waals surface area contributed by atoms with Crippen molar-refractivity contribution < 1.29 is 9.53 Å². The number of carbonyl (C=O) groups excluding carboxylic acids is 1. The van der Waals surface area contributed by atoms with E-state index in [1.807, 2.05) is 30.3 Å². The van der Waals surface area contributed by atoms with Crippen LogP contribution in [0.4, 0.5) is 0 Å². The zero-order valence-corrected chi connectivity index (χ0v) is 11.3. The van der Waals surface area contributed by atoms with Crippen LogP contribution in [0.3, 0.4) is 0 Å². The van der Waals surface area contributed by atoms with Gasteiger partial charge in [0.05, 0.1) is 5.92 Å². The van der Waals surface area contributed by atoms with Crippen molar-refractivity contribution >= 4 is 5.97 Å². The Labute approximate surface area is 114 Å². The van der Waals surface area contributed by atoms with E-state index in [1.54, 1.807) is 0 Å². The number of ether oxygens (including phenoxy) is 1. The van der Waals surface area contributed by atoms with Crippen LogP contribution in [0, 0.1) is 23.7 Å². The Morgan fingerprint density at radius 3 is 2.68 bits per heavy atom. The van der Waals surface area contributed by atoms with Gasteiger partial charge in [-0.25, -0.2) is 0 Å². The molecule has 0 aliphatic heterocycles. The molecular formula is C17H20O2. The lowest BCUT2D eigenvalue weighted by atomic mass is 9.81. The van der Waals surface area contributed by atoms with Crippen LogP contribution in [0.5, 0.6) is 0 Å². The van der Waals surface area contributed by atoms with E-state index in [-0.39, 0.29) is 11.9 Å². The third kappa shape index (κ3) is 2.32. The predicted molar refractivity (Wildman–Crippen MR) is 74.2 cm³/mol. The molecule has 1 aromatic rings. The molecule has 0 N–H and O–H groups in total. The van der Waals surface area contributed by atoms with Gasteiger partial charge in [0, 0.05) is 0 Å². The molecule has 2 bridgehead atoms. The normalized spacial score (nSPS) is 31.6. The number of hydrogen-bond acceptors (Lipinski definition) is 2. The third-order valence-corrected chi connectivity index (χ3v) is 4.59. The van der Waals surface area contributed by atoms with Gasteiger partial charge >= 0.3 is 5.97 Å². The van der Waals surface area contributed by atoms with Crippen LogP contribution < -0.4 is 0 Å². The second-order valence-electron chi connectivity index (χ2n) is 5.64. The van der Waals surface area contributed by atoms with Gasteiger partial charge in [-0.15, -0.1) is 0 Å². The van der Waals surface area contributed by atoms with Gasteiger partial charge in [-0.2, -0.15) is 0 Å². The highest BCUT2D eigenvalue weighted by Gasteiger charge is 2.47. The lowest BCUT2D eigenvalue weighted by Gasteiger charge is -2.25. The molecule has 2 nitrogen and oxygen atoms in total. The fourth-order valence-corrected chi connectivity index (χ4v) is 3.66. The van der Waals surface area contributed by atoms with Crippen LogP contribution in [0.15, 0.2) is 42.5 Å². The highest BCUT2D eigenvalue weighted by Crippen LogP contribution is 2.49. The average Bonchev–Trinajstić information content (AvgIpc) is 3.06. The first kappa shape index (κ1) is 12.5. The lowest BCUT2D eigenvalue weighted by Crippen LogP contribution is -2.28. The predicted octanol–water partition coefficient (Wildman–Crippen LogP) is 3.58. The first-order chi connectivity index (χ1) is 9.29. The highest BCUT2D eigenvalue weighted by molar-refractivity contribution is 5.74. The summed E-state index contributed by atoms with van der Waals surface area (Å²) in [7, 11) is 0. The second-order valence-corrected chi connectivity index (χ2v) is 5.64. The largest absolute Gasteiger partial charge is 0.461 e. The van der Waals surface area contributed by atoms with Crippen molar-refractivity contribution in [3.63, 3.8) is 0 Å². The molecular weight excluding hydrogens is 236 g/mol. The van der Waals surface area contributed by atoms with E-state index in [2.05, 4.69) is 19.1 Å². The Kier molecular flexibility index (Phi) is 3.41. The summed E-state index contributed by atoms with van der Waals surface area (Å²) < 4.78 is 5.52. The molecule has 4 atom stereocenters. The van der Waals surface area contributed by atoms with Gasteiger partial charge in [-0.1, -0.05) is 55.8 Å². The van der Waals surface area contributed by atoms with Gasteiger partial charge < -0.3 is 4.74 Å². The Balaban J connectivity index is 1.63. The van der Waals surface area contributed by atoms with Crippen LogP contribution in [0.25, 0.3) is 0 Å². The van der Waals surface area contributed by atoms with Crippen molar-refractivity contribution in [1.82, 2.24) is 0 Å². The van der Waals surface area contributed by atoms with Crippen molar-refractivity contribution in [2.24, 2.45) is 23.7 Å². The summed E-state index contributed by atoms with van der Waals surface area (Å²) in [6, 6.07) is 9.90. The fourth-order valence-electron chi connectivity index (χ4n) is 3.66. The monoisotopic (exact) mass is 256 g/mol. The zero-order valence-electron chi connectivity index (χ0n) is 11.3. The molecule has 0 radical (unpaired) electrons. The molecule has 1 fully saturated rings. The molecule has 2 aliphatic rings. The van der Waals surface area contributed by atoms with E-state index in [4.69, 9.17) is 4.74 Å². The maximum atomic E-state index is 12.3. The van der Waals surface area contributed by atoms with Gasteiger partial charge in [0.15, 0.2) is 0 Å².